The number of allylic oxidation sites excluding steroid dienone is 8. The Hall–Kier alpha value is -10.5. The van der Waals surface area contributed by atoms with E-state index in [1.807, 2.05) is 39.8 Å². The molecule has 11 rings (SSSR count). The van der Waals surface area contributed by atoms with Gasteiger partial charge in [-0.25, -0.2) is 20.0 Å². The molecule has 2 amide bonds. The van der Waals surface area contributed by atoms with Gasteiger partial charge in [-0.2, -0.15) is 0 Å². The van der Waals surface area contributed by atoms with Crippen LogP contribution in [0.2, 0.25) is 0 Å². The van der Waals surface area contributed by atoms with E-state index in [0.29, 0.717) is 83.9 Å². The molecule has 102 heavy (non-hydrogen) atoms. The van der Waals surface area contributed by atoms with Crippen LogP contribution in [0, 0.1) is 69.2 Å². The average Bonchev–Trinajstić information content (AvgIpc) is 1.57. The fourth-order valence-electron chi connectivity index (χ4n) is 15.5. The quantitative estimate of drug-likeness (QED) is 0.0349. The number of amides is 2. The van der Waals surface area contributed by atoms with Gasteiger partial charge in [-0.15, -0.1) is 0 Å². The van der Waals surface area contributed by atoms with Gasteiger partial charge in [0.2, 0.25) is 0 Å². The van der Waals surface area contributed by atoms with Crippen LogP contribution in [-0.4, -0.2) is 117 Å². The third-order valence-corrected chi connectivity index (χ3v) is 21.8. The molecule has 20 nitrogen and oxygen atoms in total. The van der Waals surface area contributed by atoms with Crippen molar-refractivity contribution in [2.24, 2.45) is 20.0 Å². The maximum Gasteiger partial charge on any atom is 0.305 e. The third-order valence-electron chi connectivity index (χ3n) is 21.8. The van der Waals surface area contributed by atoms with Crippen molar-refractivity contribution in [3.8, 4) is 0 Å². The lowest BCUT2D eigenvalue weighted by atomic mass is 9.90. The highest BCUT2D eigenvalue weighted by Crippen LogP contribution is 2.40. The molecule has 11 heterocycles. The summed E-state index contributed by atoms with van der Waals surface area (Å²) in [4.78, 5) is 123. The van der Waals surface area contributed by atoms with Crippen molar-refractivity contribution in [2.75, 3.05) is 28.4 Å². The van der Waals surface area contributed by atoms with Gasteiger partial charge in [0, 0.05) is 106 Å². The molecule has 0 saturated carbocycles. The number of esters is 4. The van der Waals surface area contributed by atoms with Crippen LogP contribution >= 0.6 is 0 Å². The van der Waals surface area contributed by atoms with Crippen molar-refractivity contribution < 1.29 is 47.7 Å². The highest BCUT2D eigenvalue weighted by atomic mass is 16.5. The molecule has 0 spiro atoms. The summed E-state index contributed by atoms with van der Waals surface area (Å²) < 4.78 is 21.2. The molecule has 0 aromatic carbocycles. The number of carbonyl (C=O) groups is 6. The third kappa shape index (κ3) is 13.3. The summed E-state index contributed by atoms with van der Waals surface area (Å²) in [6.07, 6.45) is 11.8. The van der Waals surface area contributed by atoms with Gasteiger partial charge in [0.15, 0.2) is 0 Å². The second-order valence-electron chi connectivity index (χ2n) is 27.4. The first kappa shape index (κ1) is 72.7. The minimum absolute atomic E-state index is 0.0663. The van der Waals surface area contributed by atoms with E-state index in [1.54, 1.807) is 13.8 Å². The number of hydrogen-bond donors (Lipinski definition) is 6. The number of H-pyrrole nitrogens is 6. The number of aromatic nitrogens is 6. The molecule has 6 N–H and O–H groups in total. The Bertz CT molecular complexity index is 4950. The van der Waals surface area contributed by atoms with Crippen LogP contribution in [0.5, 0.6) is 0 Å². The summed E-state index contributed by atoms with van der Waals surface area (Å²) in [7, 11) is 5.57. The Morgan fingerprint density at radius 3 is 1.06 bits per heavy atom. The Labute approximate surface area is 594 Å². The van der Waals surface area contributed by atoms with E-state index in [2.05, 4.69) is 121 Å². The van der Waals surface area contributed by atoms with Gasteiger partial charge in [-0.3, -0.25) is 28.8 Å². The van der Waals surface area contributed by atoms with E-state index >= 15 is 0 Å². The normalized spacial score (nSPS) is 18.1. The second-order valence-corrected chi connectivity index (χ2v) is 27.4. The van der Waals surface area contributed by atoms with Crippen LogP contribution in [0.15, 0.2) is 88.1 Å². The van der Waals surface area contributed by atoms with Crippen molar-refractivity contribution in [1.29, 1.82) is 0 Å². The van der Waals surface area contributed by atoms with E-state index in [1.165, 1.54) is 28.4 Å². The molecular formula is C82H94N10O10. The fourth-order valence-corrected chi connectivity index (χ4v) is 15.5. The molecule has 532 valence electrons. The van der Waals surface area contributed by atoms with Gasteiger partial charge >= 0.3 is 23.9 Å². The molecule has 0 atom stereocenters. The number of aliphatic imine (C=N–C) groups is 4. The predicted molar refractivity (Wildman–Crippen MR) is 399 cm³/mol. The number of carbonyl (C=O) groups excluding carboxylic acids is 6. The maximum absolute atomic E-state index is 13.4. The van der Waals surface area contributed by atoms with Crippen LogP contribution in [0.4, 0.5) is 0 Å². The summed E-state index contributed by atoms with van der Waals surface area (Å²) in [5.41, 5.74) is 30.2. The van der Waals surface area contributed by atoms with Gasteiger partial charge in [-0.1, -0.05) is 13.8 Å². The zero-order chi connectivity index (χ0) is 73.8. The van der Waals surface area contributed by atoms with Crippen molar-refractivity contribution >= 4 is 81.8 Å². The van der Waals surface area contributed by atoms with Crippen LogP contribution in [-0.2, 0) is 73.4 Å². The molecule has 12 bridgehead atoms. The summed E-state index contributed by atoms with van der Waals surface area (Å²) in [5, 5.41) is 3.07. The van der Waals surface area contributed by atoms with E-state index in [9.17, 15) is 28.8 Å². The number of aryl methyl sites for hydroxylation is 4. The average molecular weight is 1380 g/mol. The fraction of sp³-hybridized carbons (Fsp3) is 0.390. The minimum atomic E-state index is -0.378. The number of methoxy groups -OCH3 is 4. The van der Waals surface area contributed by atoms with Crippen LogP contribution < -0.4 is 21.4 Å². The number of hydrogen-bond acceptors (Lipinski definition) is 12. The number of aromatic amines is 6. The first-order chi connectivity index (χ1) is 48.6. The zero-order valence-electron chi connectivity index (χ0n) is 62.7. The molecule has 20 heteroatoms. The lowest BCUT2D eigenvalue weighted by Crippen LogP contribution is -2.23. The second kappa shape index (κ2) is 29.2. The van der Waals surface area contributed by atoms with Crippen LogP contribution in [0.3, 0.4) is 0 Å². The number of nitrogens with zero attached hydrogens (tertiary/aromatic N) is 4. The van der Waals surface area contributed by atoms with Crippen LogP contribution in [0.1, 0.15) is 205 Å². The molecule has 5 aliphatic heterocycles. The standard InChI is InChI=1S/C82H94N10O10/c1-21-51-45(11)81(97)91-67(51)35-65-39(5)55(25-29-71(95)101-19)79(89-65)73-75-43(9)59(49(15)85-75)31-57-41(7)62(84-47(57)13)34-64-38(4)54(24-28-70(94)100-18)78(88-64)74(80-56(26-30-72(96)102-20)40(6)66(90-80)36-68-52(22-2)46(12)82(98)92-68)76-44(10)60(50(16)86-76)32-58-42(8)61(83-48(58)14)33-63-37(3)53(77(73)87-63)23-27-69(93)99-17/h33-36,83-88H,21-32H2,1-20H3/b63-33-,64-34-,65-35-,66-36-,77-73+,78-74+. The van der Waals surface area contributed by atoms with Crippen molar-refractivity contribution in [3.05, 3.63) is 202 Å². The molecular weight excluding hydrogens is 1280 g/mol. The van der Waals surface area contributed by atoms with Crippen molar-refractivity contribution in [1.82, 2.24) is 29.9 Å². The number of rotatable bonds is 18. The number of ether oxygens (including phenoxy) is 4. The van der Waals surface area contributed by atoms with Crippen LogP contribution in [0.25, 0.3) is 23.3 Å². The largest absolute Gasteiger partial charge is 0.469 e. The highest BCUT2D eigenvalue weighted by molar-refractivity contribution is 6.35. The Morgan fingerprint density at radius 2 is 0.725 bits per heavy atom. The lowest BCUT2D eigenvalue weighted by molar-refractivity contribution is -0.141. The molecule has 6 aromatic rings. The molecule has 0 fully saturated rings. The smallest absolute Gasteiger partial charge is 0.305 e. The Kier molecular flexibility index (Phi) is 20.8. The zero-order valence-corrected chi connectivity index (χ0v) is 62.7. The predicted octanol–water partition coefficient (Wildman–Crippen LogP) is 11.1. The van der Waals surface area contributed by atoms with Gasteiger partial charge in [0.1, 0.15) is 0 Å². The summed E-state index contributed by atoms with van der Waals surface area (Å²) in [6, 6.07) is 0. The van der Waals surface area contributed by atoms with E-state index < -0.39 is 0 Å². The number of fused-ring (bicyclic) bond motifs is 12. The van der Waals surface area contributed by atoms with Crippen molar-refractivity contribution in [3.63, 3.8) is 0 Å². The highest BCUT2D eigenvalue weighted by Gasteiger charge is 2.35. The van der Waals surface area contributed by atoms with E-state index in [-0.39, 0.29) is 74.2 Å². The molecule has 5 aliphatic rings. The number of nitrogens with one attached hydrogen (secondary N) is 6. The topological polar surface area (TPSA) is 284 Å². The molecule has 0 saturated heterocycles. The molecule has 0 aliphatic carbocycles. The Balaban J connectivity index is 1.23. The molecule has 0 radical (unpaired) electrons. The molecule has 6 aromatic heterocycles. The minimum Gasteiger partial charge on any atom is -0.469 e. The maximum atomic E-state index is 13.4. The van der Waals surface area contributed by atoms with E-state index in [0.717, 1.165) is 178 Å². The van der Waals surface area contributed by atoms with Gasteiger partial charge in [-0.05, 0) is 260 Å². The molecule has 0 unspecified atom stereocenters. The van der Waals surface area contributed by atoms with Gasteiger partial charge in [0.05, 0.1) is 84.8 Å². The first-order valence-electron chi connectivity index (χ1n) is 35.1. The first-order valence-corrected chi connectivity index (χ1v) is 35.1. The van der Waals surface area contributed by atoms with Gasteiger partial charge in [0.25, 0.3) is 11.8 Å². The summed E-state index contributed by atoms with van der Waals surface area (Å²) in [6.45, 7) is 32.6. The SMILES string of the molecule is CCC1=C(C)C(=O)N=C1/C=C1N=C(/C2=c3/[nH]/c(c(C)c3CCC(=O)OC)=C\c3[nH]c(C)c(c3C)Cc3c(C)[nH]c(c3C)/C(C3=N/C(=C\C4=NC(=O)C(C)=C4CC)C(C)=C3CCC(=O)OC)=c3\[nH]/c(c(C)c3CCC(=O)OC)=C\c3[nH]c(C)c(c3C)Cc3c(C)[nH]c2c3C)C(CCC(=O)OC)=C\1C. The summed E-state index contributed by atoms with van der Waals surface area (Å²) in [5.74, 6) is -2.05. The van der Waals surface area contributed by atoms with Crippen molar-refractivity contribution in [2.45, 2.75) is 188 Å². The summed E-state index contributed by atoms with van der Waals surface area (Å²) >= 11 is 0. The monoisotopic (exact) mass is 1380 g/mol. The van der Waals surface area contributed by atoms with Gasteiger partial charge < -0.3 is 48.9 Å². The Morgan fingerprint density at radius 1 is 0.402 bits per heavy atom. The van der Waals surface area contributed by atoms with E-state index in [4.69, 9.17) is 28.9 Å². The lowest BCUT2D eigenvalue weighted by Gasteiger charge is -2.14.